The Labute approximate surface area is 134 Å². The summed E-state index contributed by atoms with van der Waals surface area (Å²) in [7, 11) is -2.33. The summed E-state index contributed by atoms with van der Waals surface area (Å²) in [6, 6.07) is 2.90. The highest BCUT2D eigenvalue weighted by atomic mass is 32.2. The van der Waals surface area contributed by atoms with E-state index in [0.29, 0.717) is 37.4 Å². The van der Waals surface area contributed by atoms with Crippen LogP contribution in [0.3, 0.4) is 0 Å². The molecule has 126 valence electrons. The second kappa shape index (κ2) is 5.99. The van der Waals surface area contributed by atoms with E-state index in [0.717, 1.165) is 0 Å². The maximum atomic E-state index is 12.9. The minimum absolute atomic E-state index is 0.0328. The molecular formula is C14H19N3O5S. The Bertz CT molecular complexity index is 726. The van der Waals surface area contributed by atoms with E-state index in [4.69, 9.17) is 15.2 Å². The van der Waals surface area contributed by atoms with Crippen molar-refractivity contribution in [1.29, 1.82) is 0 Å². The zero-order valence-corrected chi connectivity index (χ0v) is 13.6. The Morgan fingerprint density at radius 1 is 1.35 bits per heavy atom. The molecule has 1 saturated heterocycles. The Morgan fingerprint density at radius 2 is 2.04 bits per heavy atom. The summed E-state index contributed by atoms with van der Waals surface area (Å²) in [5, 5.41) is 2.63. The molecule has 0 radical (unpaired) electrons. The van der Waals surface area contributed by atoms with Crippen LogP contribution in [0.4, 0.5) is 5.69 Å². The van der Waals surface area contributed by atoms with E-state index in [1.54, 1.807) is 0 Å². The van der Waals surface area contributed by atoms with Gasteiger partial charge in [0.05, 0.1) is 12.8 Å². The van der Waals surface area contributed by atoms with E-state index in [-0.39, 0.29) is 29.2 Å². The summed E-state index contributed by atoms with van der Waals surface area (Å²) in [4.78, 5) is 11.4. The van der Waals surface area contributed by atoms with Crippen LogP contribution in [0.5, 0.6) is 11.5 Å². The number of fused-ring (bicyclic) bond motifs is 1. The lowest BCUT2D eigenvalue weighted by Crippen LogP contribution is -2.42. The van der Waals surface area contributed by atoms with Gasteiger partial charge in [-0.2, -0.15) is 4.31 Å². The van der Waals surface area contributed by atoms with Gasteiger partial charge >= 0.3 is 0 Å². The molecule has 0 aliphatic carbocycles. The van der Waals surface area contributed by atoms with E-state index < -0.39 is 10.0 Å². The number of rotatable bonds is 3. The number of hydrogen-bond donors (Lipinski definition) is 2. The van der Waals surface area contributed by atoms with Crippen LogP contribution in [-0.2, 0) is 14.8 Å². The molecule has 1 aromatic carbocycles. The number of ether oxygens (including phenoxy) is 2. The lowest BCUT2D eigenvalue weighted by atomic mass is 10.1. The number of sulfonamides is 1. The Morgan fingerprint density at radius 3 is 2.70 bits per heavy atom. The molecule has 2 aliphatic rings. The van der Waals surface area contributed by atoms with Crippen molar-refractivity contribution in [3.63, 3.8) is 0 Å². The summed E-state index contributed by atoms with van der Waals surface area (Å²) < 4.78 is 37.7. The first-order valence-corrected chi connectivity index (χ1v) is 8.76. The lowest BCUT2D eigenvalue weighted by Gasteiger charge is -2.30. The number of carbonyl (C=O) groups excluding carboxylic acids is 1. The van der Waals surface area contributed by atoms with Gasteiger partial charge in [0, 0.05) is 31.3 Å². The Balaban J connectivity index is 1.99. The summed E-state index contributed by atoms with van der Waals surface area (Å²) in [6.07, 6.45) is 1.25. The van der Waals surface area contributed by atoms with E-state index in [2.05, 4.69) is 5.32 Å². The summed E-state index contributed by atoms with van der Waals surface area (Å²) in [6.45, 7) is 0.611. The van der Waals surface area contributed by atoms with Gasteiger partial charge in [0.25, 0.3) is 5.91 Å². The molecule has 0 spiro atoms. The fourth-order valence-electron chi connectivity index (χ4n) is 2.70. The maximum Gasteiger partial charge on any atom is 0.262 e. The largest absolute Gasteiger partial charge is 0.495 e. The quantitative estimate of drug-likeness (QED) is 0.809. The predicted molar refractivity (Wildman–Crippen MR) is 83.1 cm³/mol. The fourth-order valence-corrected chi connectivity index (χ4v) is 4.33. The average molecular weight is 341 g/mol. The number of carbonyl (C=O) groups is 1. The molecule has 1 aromatic rings. The van der Waals surface area contributed by atoms with E-state index >= 15 is 0 Å². The second-order valence-corrected chi connectivity index (χ2v) is 7.48. The molecular weight excluding hydrogens is 322 g/mol. The third-order valence-electron chi connectivity index (χ3n) is 4.02. The lowest BCUT2D eigenvalue weighted by molar-refractivity contribution is -0.118. The molecule has 2 aliphatic heterocycles. The first kappa shape index (κ1) is 16.0. The van der Waals surface area contributed by atoms with Crippen molar-refractivity contribution in [2.24, 2.45) is 5.73 Å². The van der Waals surface area contributed by atoms with Crippen LogP contribution in [0.2, 0.25) is 0 Å². The number of nitrogens with two attached hydrogens (primary N) is 1. The number of benzene rings is 1. The number of hydrogen-bond acceptors (Lipinski definition) is 6. The van der Waals surface area contributed by atoms with Gasteiger partial charge in [0.1, 0.15) is 16.4 Å². The highest BCUT2D eigenvalue weighted by molar-refractivity contribution is 7.89. The van der Waals surface area contributed by atoms with Crippen LogP contribution in [0.15, 0.2) is 17.0 Å². The molecule has 3 rings (SSSR count). The predicted octanol–water partition coefficient (Wildman–Crippen LogP) is 0.138. The van der Waals surface area contributed by atoms with Crippen LogP contribution in [-0.4, -0.2) is 51.5 Å². The summed E-state index contributed by atoms with van der Waals surface area (Å²) in [5.41, 5.74) is 6.23. The van der Waals surface area contributed by atoms with Crippen LogP contribution in [0, 0.1) is 0 Å². The van der Waals surface area contributed by atoms with Crippen LogP contribution in [0.25, 0.3) is 0 Å². The summed E-state index contributed by atoms with van der Waals surface area (Å²) >= 11 is 0. The van der Waals surface area contributed by atoms with Crippen LogP contribution >= 0.6 is 0 Å². The molecule has 1 amide bonds. The average Bonchev–Trinajstić information content (AvgIpc) is 2.53. The minimum atomic E-state index is -3.72. The molecule has 0 bridgehead atoms. The van der Waals surface area contributed by atoms with E-state index in [9.17, 15) is 13.2 Å². The number of nitrogens with zero attached hydrogens (tertiary/aromatic N) is 1. The van der Waals surface area contributed by atoms with Crippen molar-refractivity contribution < 1.29 is 22.7 Å². The smallest absolute Gasteiger partial charge is 0.262 e. The van der Waals surface area contributed by atoms with E-state index in [1.165, 1.54) is 23.5 Å². The first-order chi connectivity index (χ1) is 10.9. The molecule has 2 heterocycles. The Hall–Kier alpha value is -1.84. The van der Waals surface area contributed by atoms with Gasteiger partial charge in [-0.15, -0.1) is 0 Å². The van der Waals surface area contributed by atoms with E-state index in [1.807, 2.05) is 0 Å². The van der Waals surface area contributed by atoms with Crippen molar-refractivity contribution >= 4 is 21.6 Å². The molecule has 8 nitrogen and oxygen atoms in total. The Kier molecular flexibility index (Phi) is 4.17. The van der Waals surface area contributed by atoms with Crippen LogP contribution in [0.1, 0.15) is 12.8 Å². The van der Waals surface area contributed by atoms with Crippen molar-refractivity contribution in [3.05, 3.63) is 12.1 Å². The molecule has 0 atom stereocenters. The maximum absolute atomic E-state index is 12.9. The van der Waals surface area contributed by atoms with Gasteiger partial charge in [-0.25, -0.2) is 8.42 Å². The first-order valence-electron chi connectivity index (χ1n) is 7.32. The van der Waals surface area contributed by atoms with Gasteiger partial charge in [0.15, 0.2) is 6.61 Å². The number of amides is 1. The number of nitrogens with one attached hydrogen (secondary N) is 1. The molecule has 1 fully saturated rings. The highest BCUT2D eigenvalue weighted by Gasteiger charge is 2.32. The zero-order chi connectivity index (χ0) is 16.6. The normalized spacial score (nSPS) is 19.7. The van der Waals surface area contributed by atoms with Gasteiger partial charge in [0.2, 0.25) is 10.0 Å². The molecule has 0 saturated carbocycles. The van der Waals surface area contributed by atoms with Crippen molar-refractivity contribution in [2.75, 3.05) is 32.1 Å². The second-order valence-electron chi connectivity index (χ2n) is 5.58. The van der Waals surface area contributed by atoms with Gasteiger partial charge in [-0.3, -0.25) is 4.79 Å². The van der Waals surface area contributed by atoms with Gasteiger partial charge < -0.3 is 20.5 Å². The molecule has 0 unspecified atom stereocenters. The topological polar surface area (TPSA) is 111 Å². The summed E-state index contributed by atoms with van der Waals surface area (Å²) in [5.74, 6) is 0.197. The highest BCUT2D eigenvalue weighted by Crippen LogP contribution is 2.38. The van der Waals surface area contributed by atoms with Crippen molar-refractivity contribution in [2.45, 2.75) is 23.8 Å². The standard InChI is InChI=1S/C14H19N3O5S/c1-21-12-6-10-11(22-8-14(18)16-10)7-13(12)23(19,20)17-4-2-9(15)3-5-17/h6-7,9H,2-5,8,15H2,1H3,(H,16,18). The number of anilines is 1. The van der Waals surface area contributed by atoms with Gasteiger partial charge in [-0.05, 0) is 12.8 Å². The minimum Gasteiger partial charge on any atom is -0.495 e. The number of methoxy groups -OCH3 is 1. The molecule has 23 heavy (non-hydrogen) atoms. The van der Waals surface area contributed by atoms with Gasteiger partial charge in [-0.1, -0.05) is 0 Å². The van der Waals surface area contributed by atoms with Crippen molar-refractivity contribution in [3.8, 4) is 11.5 Å². The van der Waals surface area contributed by atoms with Crippen LogP contribution < -0.4 is 20.5 Å². The fraction of sp³-hybridized carbons (Fsp3) is 0.500. The monoisotopic (exact) mass is 341 g/mol. The third-order valence-corrected chi connectivity index (χ3v) is 5.93. The third kappa shape index (κ3) is 2.99. The number of piperidine rings is 1. The van der Waals surface area contributed by atoms with Crippen molar-refractivity contribution in [1.82, 2.24) is 4.31 Å². The zero-order valence-electron chi connectivity index (χ0n) is 12.7. The SMILES string of the molecule is COc1cc2c(cc1S(=O)(=O)N1CCC(N)CC1)OCC(=O)N2. The molecule has 9 heteroatoms. The molecule has 0 aromatic heterocycles. The molecule has 3 N–H and O–H groups in total.